The summed E-state index contributed by atoms with van der Waals surface area (Å²) in [4.78, 5) is 13.1. The van der Waals surface area contributed by atoms with E-state index < -0.39 is 12.1 Å². The maximum atomic E-state index is 11.0. The predicted octanol–water partition coefficient (Wildman–Crippen LogP) is 5.35. The molecule has 4 rings (SSSR count). The van der Waals surface area contributed by atoms with E-state index in [0.29, 0.717) is 5.56 Å². The number of anilines is 1. The first-order valence-electron chi connectivity index (χ1n) is 11.5. The van der Waals surface area contributed by atoms with Crippen LogP contribution in [-0.4, -0.2) is 35.4 Å². The normalized spacial score (nSPS) is 14.7. The van der Waals surface area contributed by atoms with E-state index in [4.69, 9.17) is 5.11 Å². The lowest BCUT2D eigenvalue weighted by atomic mass is 9.71. The molecule has 178 valence electrons. The molecule has 5 nitrogen and oxygen atoms in total. The fourth-order valence-electron chi connectivity index (χ4n) is 4.32. The molecule has 0 aliphatic heterocycles. The molecule has 1 aliphatic rings. The van der Waals surface area contributed by atoms with Crippen LogP contribution in [0.1, 0.15) is 64.5 Å². The molecule has 1 unspecified atom stereocenters. The monoisotopic (exact) mass is 467 g/mol. The zero-order valence-electron chi connectivity index (χ0n) is 20.3. The standard InChI is InChI=1S/C30H29NO4/c1-30(2)16-15-24(19-7-11-23(12-8-19)31(3)4)25-13-9-21(17-26(25)30)27(32)14-10-20-5-6-22(29(34)35)18-28(20)33/h5-9,11-13,15,17-18,27,32-33H,16H2,1-4H3,(H,34,35). The van der Waals surface area contributed by atoms with Crippen LogP contribution in [0.5, 0.6) is 5.75 Å². The molecule has 0 spiro atoms. The molecular weight excluding hydrogens is 438 g/mol. The molecule has 1 aliphatic carbocycles. The Labute approximate surface area is 206 Å². The third kappa shape index (κ3) is 4.94. The van der Waals surface area contributed by atoms with E-state index in [1.807, 2.05) is 32.3 Å². The number of carbonyl (C=O) groups is 1. The minimum Gasteiger partial charge on any atom is -0.507 e. The summed E-state index contributed by atoms with van der Waals surface area (Å²) in [5.41, 5.74) is 6.59. The lowest BCUT2D eigenvalue weighted by molar-refractivity contribution is 0.0696. The second-order valence-corrected chi connectivity index (χ2v) is 9.66. The molecular formula is C30H29NO4. The van der Waals surface area contributed by atoms with E-state index in [0.717, 1.165) is 34.9 Å². The van der Waals surface area contributed by atoms with Gasteiger partial charge in [-0.15, -0.1) is 0 Å². The number of benzene rings is 3. The fraction of sp³-hybridized carbons (Fsp3) is 0.233. The van der Waals surface area contributed by atoms with Crippen LogP contribution in [-0.2, 0) is 5.41 Å². The highest BCUT2D eigenvalue weighted by Gasteiger charge is 2.29. The molecule has 35 heavy (non-hydrogen) atoms. The van der Waals surface area contributed by atoms with Gasteiger partial charge < -0.3 is 20.2 Å². The number of phenolic OH excluding ortho intramolecular Hbond substituents is 1. The Morgan fingerprint density at radius 3 is 2.37 bits per heavy atom. The summed E-state index contributed by atoms with van der Waals surface area (Å²) in [5, 5.41) is 29.9. The summed E-state index contributed by atoms with van der Waals surface area (Å²) in [5.74, 6) is 4.19. The summed E-state index contributed by atoms with van der Waals surface area (Å²) in [7, 11) is 4.05. The number of aliphatic hydroxyl groups excluding tert-OH is 1. The van der Waals surface area contributed by atoms with E-state index in [1.54, 1.807) is 0 Å². The van der Waals surface area contributed by atoms with Gasteiger partial charge in [0.25, 0.3) is 0 Å². The van der Waals surface area contributed by atoms with Crippen LogP contribution in [0.15, 0.2) is 66.7 Å². The molecule has 0 saturated heterocycles. The molecule has 3 N–H and O–H groups in total. The molecule has 0 heterocycles. The quantitative estimate of drug-likeness (QED) is 0.451. The zero-order chi connectivity index (χ0) is 25.3. The van der Waals surface area contributed by atoms with Crippen molar-refractivity contribution in [1.29, 1.82) is 0 Å². The van der Waals surface area contributed by atoms with E-state index in [-0.39, 0.29) is 22.3 Å². The Morgan fingerprint density at radius 2 is 1.74 bits per heavy atom. The number of hydrogen-bond donors (Lipinski definition) is 3. The van der Waals surface area contributed by atoms with Crippen molar-refractivity contribution in [3.63, 3.8) is 0 Å². The molecule has 0 radical (unpaired) electrons. The lowest BCUT2D eigenvalue weighted by Gasteiger charge is -2.33. The van der Waals surface area contributed by atoms with Crippen LogP contribution in [0, 0.1) is 11.8 Å². The Balaban J connectivity index is 1.65. The van der Waals surface area contributed by atoms with E-state index in [9.17, 15) is 15.0 Å². The molecule has 0 saturated carbocycles. The van der Waals surface area contributed by atoms with Crippen molar-refractivity contribution >= 4 is 17.2 Å². The number of fused-ring (bicyclic) bond motifs is 1. The molecule has 1 atom stereocenters. The van der Waals surface area contributed by atoms with Crippen molar-refractivity contribution in [2.75, 3.05) is 19.0 Å². The van der Waals surface area contributed by atoms with Crippen molar-refractivity contribution in [3.05, 3.63) is 100 Å². The number of aliphatic hydroxyl groups is 1. The summed E-state index contributed by atoms with van der Waals surface area (Å²) in [6, 6.07) is 18.4. The minimum absolute atomic E-state index is 0.0225. The maximum Gasteiger partial charge on any atom is 0.335 e. The van der Waals surface area contributed by atoms with Crippen molar-refractivity contribution < 1.29 is 20.1 Å². The average Bonchev–Trinajstić information content (AvgIpc) is 2.83. The maximum absolute atomic E-state index is 11.0. The minimum atomic E-state index is -1.13. The number of rotatable bonds is 4. The van der Waals surface area contributed by atoms with Crippen molar-refractivity contribution in [1.82, 2.24) is 0 Å². The highest BCUT2D eigenvalue weighted by Crippen LogP contribution is 2.42. The first kappa shape index (κ1) is 24.1. The van der Waals surface area contributed by atoms with Gasteiger partial charge in [-0.3, -0.25) is 0 Å². The van der Waals surface area contributed by atoms with Crippen LogP contribution in [0.25, 0.3) is 5.57 Å². The van der Waals surface area contributed by atoms with Gasteiger partial charge in [0.2, 0.25) is 0 Å². The van der Waals surface area contributed by atoms with Gasteiger partial charge in [0, 0.05) is 19.8 Å². The molecule has 0 bridgehead atoms. The van der Waals surface area contributed by atoms with Crippen molar-refractivity contribution in [2.45, 2.75) is 31.8 Å². The highest BCUT2D eigenvalue weighted by atomic mass is 16.4. The van der Waals surface area contributed by atoms with Gasteiger partial charge in [0.05, 0.1) is 11.1 Å². The number of aromatic hydroxyl groups is 1. The molecule has 0 amide bonds. The van der Waals surface area contributed by atoms with Gasteiger partial charge in [-0.05, 0) is 70.0 Å². The summed E-state index contributed by atoms with van der Waals surface area (Å²) in [6.45, 7) is 4.39. The Bertz CT molecular complexity index is 1370. The average molecular weight is 468 g/mol. The summed E-state index contributed by atoms with van der Waals surface area (Å²) >= 11 is 0. The summed E-state index contributed by atoms with van der Waals surface area (Å²) < 4.78 is 0. The fourth-order valence-corrected chi connectivity index (χ4v) is 4.32. The largest absolute Gasteiger partial charge is 0.507 e. The summed E-state index contributed by atoms with van der Waals surface area (Å²) in [6.07, 6.45) is 2.11. The predicted molar refractivity (Wildman–Crippen MR) is 139 cm³/mol. The molecule has 3 aromatic rings. The third-order valence-electron chi connectivity index (χ3n) is 6.48. The van der Waals surface area contributed by atoms with Crippen LogP contribution < -0.4 is 4.90 Å². The first-order chi connectivity index (χ1) is 16.6. The highest BCUT2D eigenvalue weighted by molar-refractivity contribution is 5.88. The van der Waals surface area contributed by atoms with Gasteiger partial charge in [0.1, 0.15) is 11.9 Å². The number of allylic oxidation sites excluding steroid dienone is 1. The first-order valence-corrected chi connectivity index (χ1v) is 11.5. The topological polar surface area (TPSA) is 81.0 Å². The van der Waals surface area contributed by atoms with Crippen LogP contribution >= 0.6 is 0 Å². The smallest absolute Gasteiger partial charge is 0.335 e. The number of nitrogens with zero attached hydrogens (tertiary/aromatic N) is 1. The van der Waals surface area contributed by atoms with Crippen LogP contribution in [0.4, 0.5) is 5.69 Å². The van der Waals surface area contributed by atoms with Gasteiger partial charge >= 0.3 is 5.97 Å². The van der Waals surface area contributed by atoms with E-state index in [2.05, 4.69) is 60.9 Å². The molecule has 0 aromatic heterocycles. The third-order valence-corrected chi connectivity index (χ3v) is 6.48. The van der Waals surface area contributed by atoms with Crippen LogP contribution in [0.3, 0.4) is 0 Å². The van der Waals surface area contributed by atoms with E-state index >= 15 is 0 Å². The zero-order valence-corrected chi connectivity index (χ0v) is 20.3. The molecule has 3 aromatic carbocycles. The van der Waals surface area contributed by atoms with Gasteiger partial charge in [-0.2, -0.15) is 0 Å². The molecule has 5 heteroatoms. The van der Waals surface area contributed by atoms with Gasteiger partial charge in [0.15, 0.2) is 0 Å². The number of carboxylic acids is 1. The number of carboxylic acid groups (broad SMARTS) is 1. The SMILES string of the molecule is CN(C)c1ccc(C2=CCC(C)(C)c3cc(C(O)C#Cc4ccc(C(=O)O)cc4O)ccc32)cc1. The Kier molecular flexibility index (Phi) is 6.43. The number of aromatic carboxylic acids is 1. The lowest BCUT2D eigenvalue weighted by Crippen LogP contribution is -2.22. The number of phenols is 1. The van der Waals surface area contributed by atoms with Crippen molar-refractivity contribution in [3.8, 4) is 17.6 Å². The van der Waals surface area contributed by atoms with Crippen LogP contribution in [0.2, 0.25) is 0 Å². The Morgan fingerprint density at radius 1 is 1.03 bits per heavy atom. The second kappa shape index (κ2) is 9.32. The van der Waals surface area contributed by atoms with Gasteiger partial charge in [-0.1, -0.05) is 62.1 Å². The second-order valence-electron chi connectivity index (χ2n) is 9.66. The number of hydrogen-bond acceptors (Lipinski definition) is 4. The van der Waals surface area contributed by atoms with E-state index in [1.165, 1.54) is 17.7 Å². The molecule has 0 fully saturated rings. The Hall–Kier alpha value is -4.01. The van der Waals surface area contributed by atoms with Crippen molar-refractivity contribution in [2.24, 2.45) is 0 Å². The van der Waals surface area contributed by atoms with Gasteiger partial charge in [-0.25, -0.2) is 4.79 Å².